The number of rotatable bonds is 9. The first-order valence-corrected chi connectivity index (χ1v) is 10.1. The fraction of sp³-hybridized carbons (Fsp3) is 0.333. The molecule has 0 aliphatic rings. The van der Waals surface area contributed by atoms with E-state index in [4.69, 9.17) is 4.74 Å². The highest BCUT2D eigenvalue weighted by molar-refractivity contribution is 8.01. The van der Waals surface area contributed by atoms with Crippen molar-refractivity contribution in [1.82, 2.24) is 0 Å². The predicted molar refractivity (Wildman–Crippen MR) is 113 cm³/mol. The average Bonchev–Trinajstić information content (AvgIpc) is 2.68. The van der Waals surface area contributed by atoms with E-state index in [9.17, 15) is 9.59 Å². The van der Waals surface area contributed by atoms with Crippen LogP contribution in [0, 0.1) is 0 Å². The fourth-order valence-corrected chi connectivity index (χ4v) is 3.07. The molecule has 0 radical (unpaired) electrons. The molecule has 0 saturated heterocycles. The third kappa shape index (κ3) is 6.64. The summed E-state index contributed by atoms with van der Waals surface area (Å²) in [6, 6.07) is 15.1. The zero-order chi connectivity index (χ0) is 19.6. The summed E-state index contributed by atoms with van der Waals surface area (Å²) in [6.07, 6.45) is 0.961. The molecule has 2 amide bonds. The average molecular weight is 387 g/mol. The minimum Gasteiger partial charge on any atom is -0.492 e. The quantitative estimate of drug-likeness (QED) is 0.672. The van der Waals surface area contributed by atoms with Crippen LogP contribution in [0.2, 0.25) is 0 Å². The monoisotopic (exact) mass is 386 g/mol. The molecule has 0 unspecified atom stereocenters. The van der Waals surface area contributed by atoms with Gasteiger partial charge in [0.1, 0.15) is 5.75 Å². The third-order valence-corrected chi connectivity index (χ3v) is 5.07. The van der Waals surface area contributed by atoms with Gasteiger partial charge in [0.05, 0.1) is 23.3 Å². The lowest BCUT2D eigenvalue weighted by atomic mass is 10.1. The van der Waals surface area contributed by atoms with E-state index in [0.717, 1.165) is 12.1 Å². The van der Waals surface area contributed by atoms with Crippen LogP contribution in [0.15, 0.2) is 48.5 Å². The highest BCUT2D eigenvalue weighted by Crippen LogP contribution is 2.25. The number of aryl methyl sites for hydroxylation is 1. The Balaban J connectivity index is 1.82. The number of hydrogen-bond acceptors (Lipinski definition) is 4. The van der Waals surface area contributed by atoms with Crippen LogP contribution >= 0.6 is 11.8 Å². The van der Waals surface area contributed by atoms with Gasteiger partial charge in [-0.2, -0.15) is 0 Å². The number of amides is 2. The van der Waals surface area contributed by atoms with Crippen molar-refractivity contribution in [3.63, 3.8) is 0 Å². The smallest absolute Gasteiger partial charge is 0.237 e. The second-order valence-corrected chi connectivity index (χ2v) is 7.30. The second-order valence-electron chi connectivity index (χ2n) is 5.97. The first kappa shape index (κ1) is 20.8. The van der Waals surface area contributed by atoms with E-state index in [1.807, 2.05) is 49.4 Å². The molecule has 6 heteroatoms. The molecule has 2 aromatic carbocycles. The number of carbonyl (C=O) groups is 2. The first-order chi connectivity index (χ1) is 13.0. The van der Waals surface area contributed by atoms with Crippen molar-refractivity contribution in [2.24, 2.45) is 0 Å². The molecule has 2 aromatic rings. The molecule has 27 heavy (non-hydrogen) atoms. The number of hydrogen-bond donors (Lipinski definition) is 2. The van der Waals surface area contributed by atoms with Crippen molar-refractivity contribution in [3.8, 4) is 5.75 Å². The van der Waals surface area contributed by atoms with Crippen LogP contribution in [0.25, 0.3) is 0 Å². The number of nitrogens with one attached hydrogen (secondary N) is 2. The van der Waals surface area contributed by atoms with Crippen molar-refractivity contribution in [2.45, 2.75) is 32.4 Å². The molecule has 0 aromatic heterocycles. The Hall–Kier alpha value is -2.47. The van der Waals surface area contributed by atoms with Gasteiger partial charge in [-0.3, -0.25) is 9.59 Å². The van der Waals surface area contributed by atoms with Crippen molar-refractivity contribution in [3.05, 3.63) is 54.1 Å². The minimum absolute atomic E-state index is 0.126. The van der Waals surface area contributed by atoms with E-state index in [2.05, 4.69) is 17.6 Å². The maximum Gasteiger partial charge on any atom is 0.237 e. The van der Waals surface area contributed by atoms with Gasteiger partial charge in [-0.05, 0) is 50.1 Å². The lowest BCUT2D eigenvalue weighted by Crippen LogP contribution is -2.25. The summed E-state index contributed by atoms with van der Waals surface area (Å²) in [4.78, 5) is 24.5. The maximum atomic E-state index is 12.4. The molecule has 0 aliphatic heterocycles. The molecule has 144 valence electrons. The van der Waals surface area contributed by atoms with Crippen molar-refractivity contribution >= 4 is 35.0 Å². The standard InChI is InChI=1S/C21H26N2O3S/c1-4-16-10-12-17(13-11-16)22-20(24)14-27-15(3)21(25)23-18-8-6-7-9-19(18)26-5-2/h6-13,15H,4-5,14H2,1-3H3,(H,22,24)(H,23,25)/t15-/m0/s1. The van der Waals surface area contributed by atoms with Crippen molar-refractivity contribution in [1.29, 1.82) is 0 Å². The molecule has 0 bridgehead atoms. The van der Waals surface area contributed by atoms with Crippen LogP contribution in [0.4, 0.5) is 11.4 Å². The van der Waals surface area contributed by atoms with Gasteiger partial charge in [-0.15, -0.1) is 11.8 Å². The van der Waals surface area contributed by atoms with E-state index in [-0.39, 0.29) is 22.8 Å². The molecule has 5 nitrogen and oxygen atoms in total. The molecular formula is C21H26N2O3S. The van der Waals surface area contributed by atoms with Gasteiger partial charge in [0.2, 0.25) is 11.8 Å². The van der Waals surface area contributed by atoms with Crippen molar-refractivity contribution in [2.75, 3.05) is 23.0 Å². The highest BCUT2D eigenvalue weighted by Gasteiger charge is 2.17. The summed E-state index contributed by atoms with van der Waals surface area (Å²) < 4.78 is 5.51. The number of benzene rings is 2. The lowest BCUT2D eigenvalue weighted by Gasteiger charge is -2.14. The first-order valence-electron chi connectivity index (χ1n) is 9.06. The van der Waals surface area contributed by atoms with E-state index < -0.39 is 0 Å². The summed E-state index contributed by atoms with van der Waals surface area (Å²) in [6.45, 7) is 6.29. The van der Waals surface area contributed by atoms with Crippen LogP contribution in [0.3, 0.4) is 0 Å². The Labute approximate surface area is 164 Å². The fourth-order valence-electron chi connectivity index (χ4n) is 2.38. The van der Waals surface area contributed by atoms with Crippen LogP contribution in [0.1, 0.15) is 26.3 Å². The Bertz CT molecular complexity index is 762. The van der Waals surface area contributed by atoms with Gasteiger partial charge >= 0.3 is 0 Å². The van der Waals surface area contributed by atoms with Gasteiger partial charge in [0.15, 0.2) is 0 Å². The summed E-state index contributed by atoms with van der Waals surface area (Å²) in [5, 5.41) is 5.35. The summed E-state index contributed by atoms with van der Waals surface area (Å²) in [5.74, 6) is 0.557. The van der Waals surface area contributed by atoms with Crippen LogP contribution in [0.5, 0.6) is 5.75 Å². The SMILES string of the molecule is CCOc1ccccc1NC(=O)[C@H](C)SCC(=O)Nc1ccc(CC)cc1. The summed E-state index contributed by atoms with van der Waals surface area (Å²) >= 11 is 1.29. The maximum absolute atomic E-state index is 12.4. The van der Waals surface area contributed by atoms with E-state index in [1.54, 1.807) is 13.0 Å². The minimum atomic E-state index is -0.368. The normalized spacial score (nSPS) is 11.5. The van der Waals surface area contributed by atoms with Crippen molar-refractivity contribution < 1.29 is 14.3 Å². The summed E-state index contributed by atoms with van der Waals surface area (Å²) in [5.41, 5.74) is 2.62. The number of para-hydroxylation sites is 2. The Kier molecular flexibility index (Phi) is 8.20. The summed E-state index contributed by atoms with van der Waals surface area (Å²) in [7, 11) is 0. The molecule has 1 atom stereocenters. The largest absolute Gasteiger partial charge is 0.492 e. The zero-order valence-electron chi connectivity index (χ0n) is 16.0. The molecule has 0 aliphatic carbocycles. The third-order valence-electron chi connectivity index (χ3n) is 3.92. The lowest BCUT2D eigenvalue weighted by molar-refractivity contribution is -0.115. The van der Waals surface area contributed by atoms with Crippen LogP contribution in [-0.2, 0) is 16.0 Å². The molecular weight excluding hydrogens is 360 g/mol. The molecule has 0 spiro atoms. The molecule has 0 saturated carbocycles. The van der Waals surface area contributed by atoms with Gasteiger partial charge in [0.25, 0.3) is 0 Å². The highest BCUT2D eigenvalue weighted by atomic mass is 32.2. The van der Waals surface area contributed by atoms with Gasteiger partial charge in [0, 0.05) is 5.69 Å². The van der Waals surface area contributed by atoms with E-state index in [1.165, 1.54) is 17.3 Å². The van der Waals surface area contributed by atoms with E-state index >= 15 is 0 Å². The predicted octanol–water partition coefficient (Wildman–Crippen LogP) is 4.35. The molecule has 2 N–H and O–H groups in total. The number of thioether (sulfide) groups is 1. The molecule has 0 fully saturated rings. The Morgan fingerprint density at radius 1 is 1.04 bits per heavy atom. The van der Waals surface area contributed by atoms with Gasteiger partial charge < -0.3 is 15.4 Å². The van der Waals surface area contributed by atoms with Gasteiger partial charge in [-0.25, -0.2) is 0 Å². The number of ether oxygens (including phenoxy) is 1. The topological polar surface area (TPSA) is 67.4 Å². The zero-order valence-corrected chi connectivity index (χ0v) is 16.8. The Morgan fingerprint density at radius 3 is 2.41 bits per heavy atom. The van der Waals surface area contributed by atoms with Crippen LogP contribution in [-0.4, -0.2) is 29.4 Å². The molecule has 2 rings (SSSR count). The van der Waals surface area contributed by atoms with E-state index in [0.29, 0.717) is 18.0 Å². The Morgan fingerprint density at radius 2 is 1.74 bits per heavy atom. The number of carbonyl (C=O) groups excluding carboxylic acids is 2. The second kappa shape index (κ2) is 10.6. The van der Waals surface area contributed by atoms with Gasteiger partial charge in [-0.1, -0.05) is 31.2 Å². The number of anilines is 2. The molecule has 0 heterocycles. The van der Waals surface area contributed by atoms with Crippen LogP contribution < -0.4 is 15.4 Å².